The van der Waals surface area contributed by atoms with Crippen LogP contribution in [0.15, 0.2) is 11.1 Å². The molecule has 0 aromatic heterocycles. The number of rotatable bonds is 0. The molecule has 0 saturated heterocycles. The van der Waals surface area contributed by atoms with Gasteiger partial charge in [-0.15, -0.1) is 12.4 Å². The molecule has 0 nitrogen and oxygen atoms in total. The van der Waals surface area contributed by atoms with Gasteiger partial charge < -0.3 is 0 Å². The van der Waals surface area contributed by atoms with Crippen LogP contribution in [0.2, 0.25) is 0 Å². The van der Waals surface area contributed by atoms with Gasteiger partial charge in [-0.25, -0.2) is 0 Å². The Morgan fingerprint density at radius 3 is 2.43 bits per heavy atom. The summed E-state index contributed by atoms with van der Waals surface area (Å²) in [5, 5.41) is 1.05. The molecular formula is C5H8Cl2. The first kappa shape index (κ1) is 7.32. The lowest BCUT2D eigenvalue weighted by atomic mass is 10.4. The Kier molecular flexibility index (Phi) is 3.49. The van der Waals surface area contributed by atoms with Gasteiger partial charge in [-0.1, -0.05) is 17.7 Å². The van der Waals surface area contributed by atoms with Crippen LogP contribution >= 0.6 is 24.0 Å². The molecule has 0 radical (unpaired) electrons. The van der Waals surface area contributed by atoms with E-state index in [0.29, 0.717) is 0 Å². The Morgan fingerprint density at radius 1 is 1.57 bits per heavy atom. The maximum Gasteiger partial charge on any atom is 0.0141 e. The summed E-state index contributed by atoms with van der Waals surface area (Å²) >= 11 is 5.57. The SMILES string of the molecule is Cl.ClC1=CCCC1. The topological polar surface area (TPSA) is 0 Å². The van der Waals surface area contributed by atoms with Crippen molar-refractivity contribution in [2.75, 3.05) is 0 Å². The quantitative estimate of drug-likeness (QED) is 0.484. The van der Waals surface area contributed by atoms with E-state index < -0.39 is 0 Å². The Labute approximate surface area is 55.0 Å². The van der Waals surface area contributed by atoms with Crippen LogP contribution in [0.1, 0.15) is 19.3 Å². The van der Waals surface area contributed by atoms with E-state index in [1.807, 2.05) is 0 Å². The molecule has 0 spiro atoms. The second-order valence-electron chi connectivity index (χ2n) is 1.54. The van der Waals surface area contributed by atoms with Crippen LogP contribution in [0.25, 0.3) is 0 Å². The molecule has 0 aromatic carbocycles. The van der Waals surface area contributed by atoms with Crippen LogP contribution in [0.4, 0.5) is 0 Å². The van der Waals surface area contributed by atoms with Gasteiger partial charge in [0.1, 0.15) is 0 Å². The summed E-state index contributed by atoms with van der Waals surface area (Å²) in [6, 6.07) is 0. The van der Waals surface area contributed by atoms with E-state index in [2.05, 4.69) is 6.08 Å². The molecular weight excluding hydrogens is 131 g/mol. The molecule has 1 aliphatic carbocycles. The molecule has 0 unspecified atom stereocenters. The van der Waals surface area contributed by atoms with Crippen molar-refractivity contribution < 1.29 is 0 Å². The first-order valence-corrected chi connectivity index (χ1v) is 2.62. The van der Waals surface area contributed by atoms with Crippen molar-refractivity contribution >= 4 is 24.0 Å². The first-order chi connectivity index (χ1) is 2.89. The van der Waals surface area contributed by atoms with E-state index in [-0.39, 0.29) is 12.4 Å². The third-order valence-electron chi connectivity index (χ3n) is 0.986. The van der Waals surface area contributed by atoms with E-state index in [1.165, 1.54) is 12.8 Å². The summed E-state index contributed by atoms with van der Waals surface area (Å²) < 4.78 is 0. The van der Waals surface area contributed by atoms with Crippen molar-refractivity contribution in [2.45, 2.75) is 19.3 Å². The minimum Gasteiger partial charge on any atom is -0.147 e. The van der Waals surface area contributed by atoms with E-state index >= 15 is 0 Å². The molecule has 1 rings (SSSR count). The van der Waals surface area contributed by atoms with Gasteiger partial charge in [0.25, 0.3) is 0 Å². The summed E-state index contributed by atoms with van der Waals surface area (Å²) in [5.41, 5.74) is 0. The Hall–Kier alpha value is 0.320. The molecule has 0 aliphatic heterocycles. The van der Waals surface area contributed by atoms with Crippen LogP contribution in [0.3, 0.4) is 0 Å². The van der Waals surface area contributed by atoms with E-state index in [0.717, 1.165) is 11.5 Å². The van der Waals surface area contributed by atoms with Gasteiger partial charge in [0.2, 0.25) is 0 Å². The standard InChI is InChI=1S/C5H7Cl.ClH/c6-5-3-1-2-4-5;/h3H,1-2,4H2;1H. The highest BCUT2D eigenvalue weighted by molar-refractivity contribution is 6.29. The Balaban J connectivity index is 0.000000360. The second kappa shape index (κ2) is 3.34. The Morgan fingerprint density at radius 2 is 2.29 bits per heavy atom. The van der Waals surface area contributed by atoms with Crippen molar-refractivity contribution in [3.8, 4) is 0 Å². The van der Waals surface area contributed by atoms with Gasteiger partial charge >= 0.3 is 0 Å². The predicted molar refractivity (Wildman–Crippen MR) is 35.0 cm³/mol. The summed E-state index contributed by atoms with van der Waals surface area (Å²) in [7, 11) is 0. The predicted octanol–water partition coefficient (Wildman–Crippen LogP) is 2.71. The minimum atomic E-state index is 0. The zero-order valence-corrected chi connectivity index (χ0v) is 5.56. The Bertz CT molecular complexity index is 76.1. The molecule has 0 fully saturated rings. The molecule has 7 heavy (non-hydrogen) atoms. The van der Waals surface area contributed by atoms with Crippen molar-refractivity contribution in [3.63, 3.8) is 0 Å². The molecule has 2 heteroatoms. The number of hydrogen-bond acceptors (Lipinski definition) is 0. The lowest BCUT2D eigenvalue weighted by molar-refractivity contribution is 0.924. The largest absolute Gasteiger partial charge is 0.147 e. The number of allylic oxidation sites excluding steroid dienone is 2. The highest BCUT2D eigenvalue weighted by Crippen LogP contribution is 2.19. The van der Waals surface area contributed by atoms with Crippen LogP contribution in [0, 0.1) is 0 Å². The maximum absolute atomic E-state index is 5.57. The van der Waals surface area contributed by atoms with Crippen LogP contribution in [-0.4, -0.2) is 0 Å². The van der Waals surface area contributed by atoms with Gasteiger partial charge in [-0.3, -0.25) is 0 Å². The van der Waals surface area contributed by atoms with Gasteiger partial charge in [0.05, 0.1) is 0 Å². The third kappa shape index (κ3) is 2.20. The fourth-order valence-electron chi connectivity index (χ4n) is 0.632. The van der Waals surface area contributed by atoms with Crippen LogP contribution in [-0.2, 0) is 0 Å². The molecule has 0 heterocycles. The lowest BCUT2D eigenvalue weighted by Crippen LogP contribution is -1.55. The summed E-state index contributed by atoms with van der Waals surface area (Å²) in [5.74, 6) is 0. The zero-order chi connectivity index (χ0) is 4.41. The van der Waals surface area contributed by atoms with Crippen LogP contribution in [0.5, 0.6) is 0 Å². The van der Waals surface area contributed by atoms with Gasteiger partial charge in [0, 0.05) is 5.03 Å². The molecule has 0 bridgehead atoms. The molecule has 42 valence electrons. The molecule has 0 saturated carbocycles. The fourth-order valence-corrected chi connectivity index (χ4v) is 0.874. The van der Waals surface area contributed by atoms with E-state index in [4.69, 9.17) is 11.6 Å². The average Bonchev–Trinajstić information content (AvgIpc) is 1.86. The van der Waals surface area contributed by atoms with Gasteiger partial charge in [-0.05, 0) is 19.3 Å². The monoisotopic (exact) mass is 138 g/mol. The highest BCUT2D eigenvalue weighted by atomic mass is 35.5. The lowest BCUT2D eigenvalue weighted by Gasteiger charge is -1.76. The van der Waals surface area contributed by atoms with Crippen LogP contribution < -0.4 is 0 Å². The highest BCUT2D eigenvalue weighted by Gasteiger charge is 1.97. The number of halogens is 2. The average molecular weight is 139 g/mol. The van der Waals surface area contributed by atoms with Crippen molar-refractivity contribution in [1.82, 2.24) is 0 Å². The fraction of sp³-hybridized carbons (Fsp3) is 0.600. The maximum atomic E-state index is 5.57. The van der Waals surface area contributed by atoms with Gasteiger partial charge in [0.15, 0.2) is 0 Å². The molecule has 0 amide bonds. The summed E-state index contributed by atoms with van der Waals surface area (Å²) in [6.45, 7) is 0. The summed E-state index contributed by atoms with van der Waals surface area (Å²) in [6.07, 6.45) is 5.65. The van der Waals surface area contributed by atoms with E-state index in [9.17, 15) is 0 Å². The van der Waals surface area contributed by atoms with Crippen molar-refractivity contribution in [3.05, 3.63) is 11.1 Å². The van der Waals surface area contributed by atoms with Gasteiger partial charge in [-0.2, -0.15) is 0 Å². The zero-order valence-electron chi connectivity index (χ0n) is 3.98. The molecule has 0 atom stereocenters. The number of hydrogen-bond donors (Lipinski definition) is 0. The minimum absolute atomic E-state index is 0. The third-order valence-corrected chi connectivity index (χ3v) is 1.33. The summed E-state index contributed by atoms with van der Waals surface area (Å²) in [4.78, 5) is 0. The first-order valence-electron chi connectivity index (χ1n) is 2.24. The normalized spacial score (nSPS) is 18.1. The molecule has 0 N–H and O–H groups in total. The van der Waals surface area contributed by atoms with E-state index in [1.54, 1.807) is 0 Å². The van der Waals surface area contributed by atoms with Crippen molar-refractivity contribution in [1.29, 1.82) is 0 Å². The molecule has 1 aliphatic rings. The smallest absolute Gasteiger partial charge is 0.0141 e. The second-order valence-corrected chi connectivity index (χ2v) is 2.03. The van der Waals surface area contributed by atoms with Crippen molar-refractivity contribution in [2.24, 2.45) is 0 Å². The molecule has 0 aromatic rings.